The molecule has 0 radical (unpaired) electrons. The zero-order valence-electron chi connectivity index (χ0n) is 13.8. The lowest BCUT2D eigenvalue weighted by Gasteiger charge is -2.08. The second-order valence-corrected chi connectivity index (χ2v) is 6.76. The smallest absolute Gasteiger partial charge is 0.344 e. The first-order valence-corrected chi connectivity index (χ1v) is 9.01. The van der Waals surface area contributed by atoms with Crippen LogP contribution in [-0.4, -0.2) is 25.1 Å². The number of carbonyl (C=O) groups excluding carboxylic acids is 2. The van der Waals surface area contributed by atoms with Gasteiger partial charge in [-0.15, -0.1) is 0 Å². The third kappa shape index (κ3) is 5.19. The van der Waals surface area contributed by atoms with E-state index in [-0.39, 0.29) is 13.2 Å². The minimum Gasteiger partial charge on any atom is -0.482 e. The van der Waals surface area contributed by atoms with Gasteiger partial charge in [0.2, 0.25) is 0 Å². The van der Waals surface area contributed by atoms with Crippen molar-refractivity contribution in [1.29, 1.82) is 0 Å². The number of halogens is 1. The molecule has 0 aliphatic carbocycles. The van der Waals surface area contributed by atoms with Gasteiger partial charge in [0.25, 0.3) is 5.91 Å². The summed E-state index contributed by atoms with van der Waals surface area (Å²) in [6.07, 6.45) is 0. The third-order valence-corrected chi connectivity index (χ3v) is 4.29. The first-order chi connectivity index (χ1) is 12.6. The Morgan fingerprint density at radius 1 is 0.885 bits per heavy atom. The molecule has 0 saturated carbocycles. The average molecular weight is 461 g/mol. The second-order valence-electron chi connectivity index (χ2n) is 5.51. The summed E-state index contributed by atoms with van der Waals surface area (Å²) in [7, 11) is 0. The first-order valence-electron chi connectivity index (χ1n) is 7.93. The lowest BCUT2D eigenvalue weighted by Crippen LogP contribution is -2.23. The molecule has 0 bridgehead atoms. The summed E-state index contributed by atoms with van der Waals surface area (Å²) in [5, 5.41) is 4.77. The van der Waals surface area contributed by atoms with E-state index in [1.54, 1.807) is 18.2 Å². The molecule has 0 aliphatic rings. The number of amides is 1. The number of anilines is 1. The minimum atomic E-state index is -0.601. The molecule has 0 atom stereocenters. The maximum absolute atomic E-state index is 11.8. The molecule has 0 fully saturated rings. The predicted octanol–water partition coefficient (Wildman–Crippen LogP) is 4.01. The van der Waals surface area contributed by atoms with Crippen LogP contribution >= 0.6 is 22.6 Å². The molecule has 3 aromatic rings. The summed E-state index contributed by atoms with van der Waals surface area (Å²) in [6.45, 7) is -0.610. The van der Waals surface area contributed by atoms with Crippen LogP contribution in [0.5, 0.6) is 5.75 Å². The maximum Gasteiger partial charge on any atom is 0.344 e. The van der Waals surface area contributed by atoms with Gasteiger partial charge in [0, 0.05) is 9.26 Å². The monoisotopic (exact) mass is 461 g/mol. The van der Waals surface area contributed by atoms with Gasteiger partial charge in [0.05, 0.1) is 0 Å². The predicted molar refractivity (Wildman–Crippen MR) is 108 cm³/mol. The number of carbonyl (C=O) groups is 2. The highest BCUT2D eigenvalue weighted by Crippen LogP contribution is 2.20. The second kappa shape index (κ2) is 8.66. The fourth-order valence-electron chi connectivity index (χ4n) is 2.32. The number of benzene rings is 3. The normalized spacial score (nSPS) is 10.3. The Balaban J connectivity index is 1.44. The molecule has 3 rings (SSSR count). The van der Waals surface area contributed by atoms with Gasteiger partial charge in [-0.3, -0.25) is 4.79 Å². The van der Waals surface area contributed by atoms with E-state index in [4.69, 9.17) is 9.47 Å². The van der Waals surface area contributed by atoms with Crippen molar-refractivity contribution in [3.05, 3.63) is 70.3 Å². The van der Waals surface area contributed by atoms with Gasteiger partial charge in [0.1, 0.15) is 5.75 Å². The fraction of sp³-hybridized carbons (Fsp3) is 0.100. The Labute approximate surface area is 164 Å². The number of hydrogen-bond donors (Lipinski definition) is 1. The molecule has 0 saturated heterocycles. The standard InChI is InChI=1S/C20H16INO4/c21-16-6-8-17(9-7-16)22-19(23)12-26-20(24)13-25-18-10-5-14-3-1-2-4-15(14)11-18/h1-11H,12-13H2,(H,22,23). The van der Waals surface area contributed by atoms with Crippen molar-refractivity contribution < 1.29 is 19.1 Å². The summed E-state index contributed by atoms with van der Waals surface area (Å²) >= 11 is 2.18. The van der Waals surface area contributed by atoms with Crippen LogP contribution in [0.4, 0.5) is 5.69 Å². The lowest BCUT2D eigenvalue weighted by atomic mass is 10.1. The van der Waals surface area contributed by atoms with Crippen LogP contribution in [-0.2, 0) is 14.3 Å². The van der Waals surface area contributed by atoms with Gasteiger partial charge < -0.3 is 14.8 Å². The Hall–Kier alpha value is -2.61. The molecular formula is C20H16INO4. The molecular weight excluding hydrogens is 445 g/mol. The molecule has 1 amide bonds. The van der Waals surface area contributed by atoms with Crippen molar-refractivity contribution in [2.45, 2.75) is 0 Å². The largest absolute Gasteiger partial charge is 0.482 e. The van der Waals surface area contributed by atoms with Crippen molar-refractivity contribution in [1.82, 2.24) is 0 Å². The van der Waals surface area contributed by atoms with Gasteiger partial charge >= 0.3 is 5.97 Å². The molecule has 0 aliphatic heterocycles. The summed E-state index contributed by atoms with van der Waals surface area (Å²) < 4.78 is 11.4. The number of hydrogen-bond acceptors (Lipinski definition) is 4. The first kappa shape index (κ1) is 18.2. The van der Waals surface area contributed by atoms with Gasteiger partial charge in [0.15, 0.2) is 13.2 Å². The summed E-state index contributed by atoms with van der Waals surface area (Å²) in [4.78, 5) is 23.5. The molecule has 0 unspecified atom stereocenters. The Bertz CT molecular complexity index is 925. The van der Waals surface area contributed by atoms with E-state index in [0.717, 1.165) is 14.3 Å². The SMILES string of the molecule is O=C(COC(=O)COc1ccc2ccccc2c1)Nc1ccc(I)cc1. The van der Waals surface area contributed by atoms with E-state index in [0.29, 0.717) is 11.4 Å². The Morgan fingerprint density at radius 3 is 2.38 bits per heavy atom. The maximum atomic E-state index is 11.8. The van der Waals surface area contributed by atoms with Gasteiger partial charge in [-0.1, -0.05) is 30.3 Å². The topological polar surface area (TPSA) is 64.6 Å². The highest BCUT2D eigenvalue weighted by Gasteiger charge is 2.09. The van der Waals surface area contributed by atoms with Crippen LogP contribution in [0.1, 0.15) is 0 Å². The molecule has 3 aromatic carbocycles. The Morgan fingerprint density at radius 2 is 1.62 bits per heavy atom. The van der Waals surface area contributed by atoms with Gasteiger partial charge in [-0.05, 0) is 69.8 Å². The fourth-order valence-corrected chi connectivity index (χ4v) is 2.68. The number of ether oxygens (including phenoxy) is 2. The number of fused-ring (bicyclic) bond motifs is 1. The van der Waals surface area contributed by atoms with Crippen molar-refractivity contribution in [3.63, 3.8) is 0 Å². The molecule has 6 heteroatoms. The van der Waals surface area contributed by atoms with E-state index < -0.39 is 11.9 Å². The number of esters is 1. The van der Waals surface area contributed by atoms with Crippen LogP contribution in [0.15, 0.2) is 66.7 Å². The average Bonchev–Trinajstić information content (AvgIpc) is 2.66. The summed E-state index contributed by atoms with van der Waals surface area (Å²) in [5.41, 5.74) is 0.652. The molecule has 5 nitrogen and oxygen atoms in total. The lowest BCUT2D eigenvalue weighted by molar-refractivity contribution is -0.149. The molecule has 132 valence electrons. The van der Waals surface area contributed by atoms with Crippen molar-refractivity contribution in [2.24, 2.45) is 0 Å². The summed E-state index contributed by atoms with van der Waals surface area (Å²) in [5.74, 6) is -0.426. The quantitative estimate of drug-likeness (QED) is 0.445. The van der Waals surface area contributed by atoms with Gasteiger partial charge in [-0.2, -0.15) is 0 Å². The molecule has 1 N–H and O–H groups in total. The van der Waals surface area contributed by atoms with Crippen molar-refractivity contribution >= 4 is 50.9 Å². The van der Waals surface area contributed by atoms with Crippen LogP contribution in [0.3, 0.4) is 0 Å². The van der Waals surface area contributed by atoms with Crippen molar-refractivity contribution in [3.8, 4) is 5.75 Å². The van der Waals surface area contributed by atoms with Crippen LogP contribution < -0.4 is 10.1 Å². The molecule has 0 aromatic heterocycles. The van der Waals surface area contributed by atoms with E-state index in [2.05, 4.69) is 27.9 Å². The van der Waals surface area contributed by atoms with Crippen LogP contribution in [0, 0.1) is 3.57 Å². The van der Waals surface area contributed by atoms with Gasteiger partial charge in [-0.25, -0.2) is 4.79 Å². The highest BCUT2D eigenvalue weighted by molar-refractivity contribution is 14.1. The van der Waals surface area contributed by atoms with E-state index in [1.165, 1.54) is 0 Å². The zero-order valence-corrected chi connectivity index (χ0v) is 15.9. The highest BCUT2D eigenvalue weighted by atomic mass is 127. The van der Waals surface area contributed by atoms with E-state index in [1.807, 2.05) is 48.5 Å². The van der Waals surface area contributed by atoms with Crippen LogP contribution in [0.2, 0.25) is 0 Å². The number of nitrogens with one attached hydrogen (secondary N) is 1. The molecule has 26 heavy (non-hydrogen) atoms. The third-order valence-electron chi connectivity index (χ3n) is 3.57. The van der Waals surface area contributed by atoms with E-state index >= 15 is 0 Å². The van der Waals surface area contributed by atoms with Crippen molar-refractivity contribution in [2.75, 3.05) is 18.5 Å². The molecule has 0 heterocycles. The minimum absolute atomic E-state index is 0.255. The molecule has 0 spiro atoms. The van der Waals surface area contributed by atoms with Crippen LogP contribution in [0.25, 0.3) is 10.8 Å². The zero-order chi connectivity index (χ0) is 18.4. The number of rotatable bonds is 6. The summed E-state index contributed by atoms with van der Waals surface area (Å²) in [6, 6.07) is 20.7. The van der Waals surface area contributed by atoms with E-state index in [9.17, 15) is 9.59 Å². The Kier molecular flexibility index (Phi) is 6.06.